The normalized spacial score (nSPS) is 15.6. The van der Waals surface area contributed by atoms with Crippen molar-refractivity contribution in [1.29, 1.82) is 0 Å². The van der Waals surface area contributed by atoms with E-state index in [1.807, 2.05) is 24.3 Å². The summed E-state index contributed by atoms with van der Waals surface area (Å²) in [5, 5.41) is 0. The smallest absolute Gasteiger partial charge is 0.264 e. The van der Waals surface area contributed by atoms with Crippen LogP contribution in [0, 0.1) is 0 Å². The highest BCUT2D eigenvalue weighted by Crippen LogP contribution is 2.35. The van der Waals surface area contributed by atoms with Gasteiger partial charge in [0.1, 0.15) is 6.10 Å². The summed E-state index contributed by atoms with van der Waals surface area (Å²) in [6, 6.07) is 14.5. The van der Waals surface area contributed by atoms with E-state index in [2.05, 4.69) is 0 Å². The zero-order chi connectivity index (χ0) is 20.5. The monoisotopic (exact) mass is 405 g/mol. The van der Waals surface area contributed by atoms with Gasteiger partial charge in [-0.15, -0.1) is 0 Å². The maximum atomic E-state index is 12.6. The van der Waals surface area contributed by atoms with Crippen LogP contribution in [0.3, 0.4) is 0 Å². The van der Waals surface area contributed by atoms with Crippen LogP contribution in [0.1, 0.15) is 28.4 Å². The first-order valence-corrected chi connectivity index (χ1v) is 10.5. The molecular weight excluding hydrogens is 382 g/mol. The highest BCUT2D eigenvalue weighted by atomic mass is 32.2. The molecule has 2 aromatic rings. The second-order valence-corrected chi connectivity index (χ2v) is 8.21. The van der Waals surface area contributed by atoms with Crippen LogP contribution in [-0.4, -0.2) is 40.9 Å². The van der Waals surface area contributed by atoms with Gasteiger partial charge in [0.2, 0.25) is 5.79 Å². The molecule has 1 amide bonds. The van der Waals surface area contributed by atoms with E-state index in [-0.39, 0.29) is 5.91 Å². The second kappa shape index (κ2) is 7.63. The molecule has 3 rings (SSSR count). The van der Waals surface area contributed by atoms with Gasteiger partial charge in [0.25, 0.3) is 16.0 Å². The first-order valence-electron chi connectivity index (χ1n) is 8.70. The lowest BCUT2D eigenvalue weighted by Gasteiger charge is -2.35. The van der Waals surface area contributed by atoms with Gasteiger partial charge in [-0.05, 0) is 30.7 Å². The van der Waals surface area contributed by atoms with Crippen LogP contribution < -0.4 is 4.90 Å². The van der Waals surface area contributed by atoms with Crippen molar-refractivity contribution in [2.75, 3.05) is 25.4 Å². The van der Waals surface area contributed by atoms with Crippen molar-refractivity contribution in [1.82, 2.24) is 0 Å². The fraction of sp³-hybridized carbons (Fsp3) is 0.350. The molecule has 1 aliphatic heterocycles. The molecule has 0 spiro atoms. The minimum atomic E-state index is -3.71. The van der Waals surface area contributed by atoms with E-state index >= 15 is 0 Å². The molecule has 8 heteroatoms. The largest absolute Gasteiger partial charge is 0.347 e. The zero-order valence-corrected chi connectivity index (χ0v) is 17.0. The molecule has 28 heavy (non-hydrogen) atoms. The molecule has 0 bridgehead atoms. The maximum absolute atomic E-state index is 12.6. The van der Waals surface area contributed by atoms with E-state index < -0.39 is 22.0 Å². The van der Waals surface area contributed by atoms with Gasteiger partial charge in [-0.2, -0.15) is 8.42 Å². The molecule has 0 aliphatic carbocycles. The second-order valence-electron chi connectivity index (χ2n) is 6.61. The number of nitrogens with zero attached hydrogens (tertiary/aromatic N) is 1. The van der Waals surface area contributed by atoms with Crippen LogP contribution >= 0.6 is 0 Å². The number of amides is 1. The summed E-state index contributed by atoms with van der Waals surface area (Å²) >= 11 is 0. The van der Waals surface area contributed by atoms with E-state index in [9.17, 15) is 13.2 Å². The topological polar surface area (TPSA) is 82.1 Å². The first kappa shape index (κ1) is 20.5. The fourth-order valence-corrected chi connectivity index (χ4v) is 4.20. The van der Waals surface area contributed by atoms with Crippen LogP contribution in [0.4, 0.5) is 5.69 Å². The number of carbonyl (C=O) groups is 1. The van der Waals surface area contributed by atoms with Gasteiger partial charge < -0.3 is 14.4 Å². The zero-order valence-electron chi connectivity index (χ0n) is 16.2. The number of carbonyl (C=O) groups excluding carboxylic acids is 1. The summed E-state index contributed by atoms with van der Waals surface area (Å²) in [5.74, 6) is -1.47. The van der Waals surface area contributed by atoms with Crippen molar-refractivity contribution in [3.05, 3.63) is 65.2 Å². The van der Waals surface area contributed by atoms with Gasteiger partial charge in [-0.25, -0.2) is 0 Å². The Morgan fingerprint density at radius 3 is 2.18 bits per heavy atom. The Labute approximate surface area is 164 Å². The van der Waals surface area contributed by atoms with Crippen molar-refractivity contribution in [3.63, 3.8) is 0 Å². The van der Waals surface area contributed by atoms with Gasteiger partial charge in [-0.3, -0.25) is 8.98 Å². The molecule has 0 saturated carbocycles. The summed E-state index contributed by atoms with van der Waals surface area (Å²) in [6.45, 7) is 2.06. The van der Waals surface area contributed by atoms with E-state index in [0.29, 0.717) is 17.7 Å². The molecule has 1 unspecified atom stereocenters. The number of ether oxygens (including phenoxy) is 2. The number of benzene rings is 2. The summed E-state index contributed by atoms with van der Waals surface area (Å²) in [7, 11) is -0.873. The molecule has 150 valence electrons. The standard InChI is InChI=1S/C20H23NO6S/c1-14(27-28(4,23)24)20(25-2,26-3)16-9-11-17(12-10-16)21-13-15-7-5-6-8-18(15)19(21)22/h5-12,14H,13H2,1-4H3. The van der Waals surface area contributed by atoms with Crippen molar-refractivity contribution in [2.24, 2.45) is 0 Å². The first-order chi connectivity index (χ1) is 13.2. The van der Waals surface area contributed by atoms with Gasteiger partial charge in [0.05, 0.1) is 12.8 Å². The number of anilines is 1. The van der Waals surface area contributed by atoms with Crippen molar-refractivity contribution in [2.45, 2.75) is 25.4 Å². The van der Waals surface area contributed by atoms with Gasteiger partial charge in [0, 0.05) is 31.0 Å². The lowest BCUT2D eigenvalue weighted by Crippen LogP contribution is -2.44. The predicted octanol–water partition coefficient (Wildman–Crippen LogP) is 2.66. The molecule has 0 saturated heterocycles. The molecule has 1 heterocycles. The lowest BCUT2D eigenvalue weighted by molar-refractivity contribution is -0.257. The van der Waals surface area contributed by atoms with Crippen LogP contribution in [0.5, 0.6) is 0 Å². The van der Waals surface area contributed by atoms with Crippen molar-refractivity contribution in [3.8, 4) is 0 Å². The molecule has 0 fully saturated rings. The van der Waals surface area contributed by atoms with Crippen LogP contribution in [0.15, 0.2) is 48.5 Å². The molecule has 7 nitrogen and oxygen atoms in total. The number of hydrogen-bond donors (Lipinski definition) is 0. The molecule has 1 atom stereocenters. The van der Waals surface area contributed by atoms with Crippen LogP contribution in [0.25, 0.3) is 0 Å². The van der Waals surface area contributed by atoms with Crippen LogP contribution in [0.2, 0.25) is 0 Å². The minimum absolute atomic E-state index is 0.0538. The summed E-state index contributed by atoms with van der Waals surface area (Å²) in [4.78, 5) is 14.3. The number of fused-ring (bicyclic) bond motifs is 1. The molecule has 0 N–H and O–H groups in total. The van der Waals surface area contributed by atoms with Crippen molar-refractivity contribution < 1.29 is 26.9 Å². The highest BCUT2D eigenvalue weighted by molar-refractivity contribution is 7.86. The molecule has 0 radical (unpaired) electrons. The Bertz CT molecular complexity index is 966. The third-order valence-electron chi connectivity index (χ3n) is 4.86. The molecule has 1 aliphatic rings. The van der Waals surface area contributed by atoms with Gasteiger partial charge in [0.15, 0.2) is 0 Å². The van der Waals surface area contributed by atoms with E-state index in [1.54, 1.807) is 36.1 Å². The Morgan fingerprint density at radius 1 is 1.04 bits per heavy atom. The third kappa shape index (κ3) is 3.68. The highest BCUT2D eigenvalue weighted by Gasteiger charge is 2.41. The summed E-state index contributed by atoms with van der Waals surface area (Å²) in [5.41, 5.74) is 2.98. The summed E-state index contributed by atoms with van der Waals surface area (Å²) < 4.78 is 39.2. The van der Waals surface area contributed by atoms with Gasteiger partial charge in [-0.1, -0.05) is 30.3 Å². The average molecular weight is 405 g/mol. The molecular formula is C20H23NO6S. The van der Waals surface area contributed by atoms with Gasteiger partial charge >= 0.3 is 0 Å². The van der Waals surface area contributed by atoms with Crippen LogP contribution in [-0.2, 0) is 36.1 Å². The number of methoxy groups -OCH3 is 2. The number of hydrogen-bond acceptors (Lipinski definition) is 6. The Kier molecular flexibility index (Phi) is 5.58. The third-order valence-corrected chi connectivity index (χ3v) is 5.50. The Balaban J connectivity index is 1.90. The quantitative estimate of drug-likeness (QED) is 0.520. The number of rotatable bonds is 7. The average Bonchev–Trinajstić information content (AvgIpc) is 2.99. The molecule has 2 aromatic carbocycles. The lowest BCUT2D eigenvalue weighted by atomic mass is 10.00. The molecule has 0 aromatic heterocycles. The van der Waals surface area contributed by atoms with Crippen molar-refractivity contribution >= 4 is 21.7 Å². The van der Waals surface area contributed by atoms with E-state index in [1.165, 1.54) is 14.2 Å². The van der Waals surface area contributed by atoms with E-state index in [0.717, 1.165) is 17.5 Å². The summed E-state index contributed by atoms with van der Waals surface area (Å²) in [6.07, 6.45) is 0.0419. The fourth-order valence-electron chi connectivity index (χ4n) is 3.55. The Morgan fingerprint density at radius 2 is 1.64 bits per heavy atom. The predicted molar refractivity (Wildman–Crippen MR) is 104 cm³/mol. The minimum Gasteiger partial charge on any atom is -0.347 e. The maximum Gasteiger partial charge on any atom is 0.264 e. The SMILES string of the molecule is COC(OC)(c1ccc(N2Cc3ccccc3C2=O)cc1)C(C)OS(C)(=O)=O. The Hall–Kier alpha value is -2.26. The van der Waals surface area contributed by atoms with E-state index in [4.69, 9.17) is 13.7 Å².